The van der Waals surface area contributed by atoms with Crippen molar-refractivity contribution in [2.75, 3.05) is 5.73 Å². The molecule has 2 aromatic heterocycles. The molecule has 0 unspecified atom stereocenters. The van der Waals surface area contributed by atoms with Crippen LogP contribution in [0.4, 0.5) is 5.69 Å². The van der Waals surface area contributed by atoms with Crippen molar-refractivity contribution in [2.24, 2.45) is 0 Å². The van der Waals surface area contributed by atoms with Gasteiger partial charge in [-0.2, -0.15) is 0 Å². The summed E-state index contributed by atoms with van der Waals surface area (Å²) in [7, 11) is 0. The molecule has 5 heteroatoms. The Hall–Kier alpha value is -2.69. The Morgan fingerprint density at radius 3 is 2.73 bits per heavy atom. The molecule has 22 heavy (non-hydrogen) atoms. The lowest BCUT2D eigenvalue weighted by atomic mass is 9.85. The van der Waals surface area contributed by atoms with Crippen LogP contribution in [0.15, 0.2) is 24.7 Å². The third kappa shape index (κ3) is 1.82. The third-order valence-corrected chi connectivity index (χ3v) is 4.43. The lowest BCUT2D eigenvalue weighted by molar-refractivity contribution is 0.688. The van der Waals surface area contributed by atoms with Crippen LogP contribution in [-0.2, 0) is 12.8 Å². The van der Waals surface area contributed by atoms with Crippen LogP contribution in [0.3, 0.4) is 0 Å². The van der Waals surface area contributed by atoms with Gasteiger partial charge in [0.2, 0.25) is 0 Å². The van der Waals surface area contributed by atoms with E-state index in [0.29, 0.717) is 5.69 Å². The summed E-state index contributed by atoms with van der Waals surface area (Å²) in [5, 5.41) is 8.77. The Bertz CT molecular complexity index is 865. The summed E-state index contributed by atoms with van der Waals surface area (Å²) in [4.78, 5) is 12.2. The van der Waals surface area contributed by atoms with Crippen molar-refractivity contribution < 1.29 is 0 Å². The van der Waals surface area contributed by atoms with Crippen LogP contribution in [0.2, 0.25) is 0 Å². The maximum atomic E-state index is 7.73. The van der Waals surface area contributed by atoms with E-state index in [-0.39, 0.29) is 0 Å². The maximum absolute atomic E-state index is 7.73. The second-order valence-corrected chi connectivity index (χ2v) is 5.69. The van der Waals surface area contributed by atoms with E-state index in [1.807, 2.05) is 18.3 Å². The highest BCUT2D eigenvalue weighted by Crippen LogP contribution is 2.36. The fourth-order valence-electron chi connectivity index (χ4n) is 3.42. The van der Waals surface area contributed by atoms with Gasteiger partial charge in [-0.1, -0.05) is 0 Å². The predicted molar refractivity (Wildman–Crippen MR) is 88.3 cm³/mol. The van der Waals surface area contributed by atoms with Crippen LogP contribution in [0.1, 0.15) is 29.5 Å². The number of pyridine rings is 1. The van der Waals surface area contributed by atoms with Gasteiger partial charge < -0.3 is 16.1 Å². The minimum absolute atomic E-state index is 0.643. The highest BCUT2D eigenvalue weighted by atomic mass is 14.9. The number of benzene rings is 1. The quantitative estimate of drug-likeness (QED) is 0.500. The van der Waals surface area contributed by atoms with Crippen LogP contribution in [0.5, 0.6) is 0 Å². The molecule has 0 amide bonds. The van der Waals surface area contributed by atoms with E-state index >= 15 is 0 Å². The number of nitrogens with zero attached hydrogens (tertiary/aromatic N) is 2. The number of imidazole rings is 1. The first-order chi connectivity index (χ1) is 10.8. The average Bonchev–Trinajstić information content (AvgIpc) is 3.08. The number of anilines is 1. The smallest absolute Gasteiger partial charge is 0.107 e. The molecule has 0 saturated carbocycles. The topological polar surface area (TPSA) is 91.4 Å². The second kappa shape index (κ2) is 4.94. The summed E-state index contributed by atoms with van der Waals surface area (Å²) in [6.07, 6.45) is 9.27. The standard InChI is InChI=1S/C17H17N5/c18-7-12-13(19)5-6-14-16(12)10-3-1-2-4-11(10)17(22-14)15-8-20-9-21-15/h5-9,18H,1-4,19H2,(H,20,21). The van der Waals surface area contributed by atoms with E-state index < -0.39 is 0 Å². The molecule has 110 valence electrons. The number of hydrogen-bond donors (Lipinski definition) is 3. The highest BCUT2D eigenvalue weighted by molar-refractivity contribution is 6.05. The monoisotopic (exact) mass is 291 g/mol. The number of aromatic amines is 1. The number of nitrogens with two attached hydrogens (primary N) is 1. The molecule has 4 N–H and O–H groups in total. The Labute approximate surface area is 128 Å². The molecular formula is C17H17N5. The number of fused-ring (bicyclic) bond motifs is 3. The first kappa shape index (κ1) is 13.0. The first-order valence-electron chi connectivity index (χ1n) is 7.53. The van der Waals surface area contributed by atoms with E-state index in [2.05, 4.69) is 9.97 Å². The fraction of sp³-hybridized carbons (Fsp3) is 0.235. The SMILES string of the molecule is N=Cc1c(N)ccc2nc(-c3c[nH]cn3)c3c(c12)CCCC3. The minimum atomic E-state index is 0.643. The zero-order chi connectivity index (χ0) is 15.1. The van der Waals surface area contributed by atoms with E-state index in [9.17, 15) is 0 Å². The number of hydrogen-bond acceptors (Lipinski definition) is 4. The van der Waals surface area contributed by atoms with Gasteiger partial charge >= 0.3 is 0 Å². The number of nitrogens with one attached hydrogen (secondary N) is 2. The molecule has 1 aliphatic carbocycles. The van der Waals surface area contributed by atoms with Gasteiger partial charge in [-0.15, -0.1) is 0 Å². The summed E-state index contributed by atoms with van der Waals surface area (Å²) in [6.45, 7) is 0. The fourth-order valence-corrected chi connectivity index (χ4v) is 3.42. The van der Waals surface area contributed by atoms with Crippen molar-refractivity contribution in [1.29, 1.82) is 5.41 Å². The van der Waals surface area contributed by atoms with E-state index in [0.717, 1.165) is 40.7 Å². The molecule has 4 rings (SSSR count). The molecule has 5 nitrogen and oxygen atoms in total. The van der Waals surface area contributed by atoms with Gasteiger partial charge in [0, 0.05) is 29.0 Å². The highest BCUT2D eigenvalue weighted by Gasteiger charge is 2.22. The Balaban J connectivity index is 2.13. The van der Waals surface area contributed by atoms with Gasteiger partial charge in [0.05, 0.1) is 17.5 Å². The van der Waals surface area contributed by atoms with Gasteiger partial charge in [-0.05, 0) is 48.9 Å². The molecule has 0 aliphatic heterocycles. The van der Waals surface area contributed by atoms with Crippen molar-refractivity contribution in [3.63, 3.8) is 0 Å². The summed E-state index contributed by atoms with van der Waals surface area (Å²) in [5.41, 5.74) is 12.8. The number of aromatic nitrogens is 3. The van der Waals surface area contributed by atoms with Gasteiger partial charge in [-0.3, -0.25) is 0 Å². The van der Waals surface area contributed by atoms with Crippen LogP contribution in [0.25, 0.3) is 22.3 Å². The number of H-pyrrole nitrogens is 1. The third-order valence-electron chi connectivity index (χ3n) is 4.43. The Morgan fingerprint density at radius 2 is 2.00 bits per heavy atom. The maximum Gasteiger partial charge on any atom is 0.107 e. The largest absolute Gasteiger partial charge is 0.398 e. The number of nitrogen functional groups attached to an aromatic ring is 1. The summed E-state index contributed by atoms with van der Waals surface area (Å²) >= 11 is 0. The van der Waals surface area contributed by atoms with Gasteiger partial charge in [0.25, 0.3) is 0 Å². The van der Waals surface area contributed by atoms with Crippen molar-refractivity contribution >= 4 is 22.8 Å². The van der Waals surface area contributed by atoms with Crippen molar-refractivity contribution in [2.45, 2.75) is 25.7 Å². The summed E-state index contributed by atoms with van der Waals surface area (Å²) in [5.74, 6) is 0. The van der Waals surface area contributed by atoms with Gasteiger partial charge in [0.1, 0.15) is 5.69 Å². The van der Waals surface area contributed by atoms with Crippen LogP contribution < -0.4 is 5.73 Å². The molecule has 1 aromatic carbocycles. The number of rotatable bonds is 2. The molecular weight excluding hydrogens is 274 g/mol. The first-order valence-corrected chi connectivity index (χ1v) is 7.53. The average molecular weight is 291 g/mol. The van der Waals surface area contributed by atoms with Crippen LogP contribution in [-0.4, -0.2) is 21.2 Å². The van der Waals surface area contributed by atoms with Crippen LogP contribution in [0, 0.1) is 5.41 Å². The molecule has 0 radical (unpaired) electrons. The van der Waals surface area contributed by atoms with Crippen LogP contribution >= 0.6 is 0 Å². The molecule has 2 heterocycles. The Morgan fingerprint density at radius 1 is 1.18 bits per heavy atom. The molecule has 1 aliphatic rings. The van der Waals surface area contributed by atoms with Crippen molar-refractivity contribution in [3.8, 4) is 11.4 Å². The number of aryl methyl sites for hydroxylation is 1. The van der Waals surface area contributed by atoms with Crippen molar-refractivity contribution in [3.05, 3.63) is 41.3 Å². The predicted octanol–water partition coefficient (Wildman–Crippen LogP) is 3.08. The zero-order valence-electron chi connectivity index (χ0n) is 12.2. The normalized spacial score (nSPS) is 14.0. The molecule has 0 atom stereocenters. The van der Waals surface area contributed by atoms with E-state index in [4.69, 9.17) is 16.1 Å². The van der Waals surface area contributed by atoms with Crippen molar-refractivity contribution in [1.82, 2.24) is 15.0 Å². The molecule has 0 spiro atoms. The van der Waals surface area contributed by atoms with Gasteiger partial charge in [0.15, 0.2) is 0 Å². The summed E-state index contributed by atoms with van der Waals surface area (Å²) < 4.78 is 0. The lowest BCUT2D eigenvalue weighted by Crippen LogP contribution is -2.09. The Kier molecular flexibility index (Phi) is 2.92. The molecule has 3 aromatic rings. The second-order valence-electron chi connectivity index (χ2n) is 5.69. The summed E-state index contributed by atoms with van der Waals surface area (Å²) in [6, 6.07) is 3.78. The minimum Gasteiger partial charge on any atom is -0.398 e. The zero-order valence-corrected chi connectivity index (χ0v) is 12.2. The van der Waals surface area contributed by atoms with E-state index in [1.54, 1.807) is 6.33 Å². The van der Waals surface area contributed by atoms with E-state index in [1.165, 1.54) is 30.2 Å². The van der Waals surface area contributed by atoms with Gasteiger partial charge in [-0.25, -0.2) is 9.97 Å². The molecule has 0 bridgehead atoms. The molecule has 0 saturated heterocycles. The molecule has 0 fully saturated rings. The lowest BCUT2D eigenvalue weighted by Gasteiger charge is -2.22.